The number of hydrogen-bond donors (Lipinski definition) is 1. The van der Waals surface area contributed by atoms with Gasteiger partial charge in [0, 0.05) is 24.5 Å². The SMILES string of the molecule is CCOC(Cc1ccc(OCCn2c(=O)sc3cc(C(=NO)C4CC4)ccc32)cc1)C(=O)OC. The summed E-state index contributed by atoms with van der Waals surface area (Å²) in [7, 11) is 1.35. The van der Waals surface area contributed by atoms with Crippen LogP contribution in [0.4, 0.5) is 0 Å². The molecule has 2 aromatic carbocycles. The molecule has 1 heterocycles. The average molecular weight is 485 g/mol. The Hall–Kier alpha value is -3.17. The van der Waals surface area contributed by atoms with Gasteiger partial charge < -0.3 is 19.4 Å². The molecular weight excluding hydrogens is 456 g/mol. The van der Waals surface area contributed by atoms with Crippen LogP contribution in [0.1, 0.15) is 30.9 Å². The predicted molar refractivity (Wildman–Crippen MR) is 130 cm³/mol. The maximum absolute atomic E-state index is 12.6. The number of rotatable bonds is 11. The first-order valence-electron chi connectivity index (χ1n) is 11.3. The molecule has 1 unspecified atom stereocenters. The van der Waals surface area contributed by atoms with Crippen LogP contribution in [0.3, 0.4) is 0 Å². The Labute approximate surface area is 201 Å². The maximum Gasteiger partial charge on any atom is 0.335 e. The molecule has 0 aliphatic heterocycles. The summed E-state index contributed by atoms with van der Waals surface area (Å²) < 4.78 is 18.7. The van der Waals surface area contributed by atoms with Crippen LogP contribution in [-0.4, -0.2) is 47.9 Å². The van der Waals surface area contributed by atoms with E-state index in [0.29, 0.717) is 43.6 Å². The van der Waals surface area contributed by atoms with Crippen molar-refractivity contribution in [2.75, 3.05) is 20.3 Å². The molecule has 0 radical (unpaired) electrons. The van der Waals surface area contributed by atoms with Crippen molar-refractivity contribution in [3.8, 4) is 5.75 Å². The summed E-state index contributed by atoms with van der Waals surface area (Å²) in [5.41, 5.74) is 3.33. The van der Waals surface area contributed by atoms with Crippen LogP contribution < -0.4 is 9.61 Å². The van der Waals surface area contributed by atoms with E-state index in [1.807, 2.05) is 49.4 Å². The van der Waals surface area contributed by atoms with Crippen LogP contribution in [-0.2, 0) is 27.2 Å². The lowest BCUT2D eigenvalue weighted by Gasteiger charge is -2.15. The third-order valence-electron chi connectivity index (χ3n) is 5.80. The molecule has 1 atom stereocenters. The number of carbonyl (C=O) groups excluding carboxylic acids is 1. The number of aromatic nitrogens is 1. The number of thiazole rings is 1. The third-order valence-corrected chi connectivity index (χ3v) is 6.74. The van der Waals surface area contributed by atoms with Gasteiger partial charge >= 0.3 is 10.8 Å². The van der Waals surface area contributed by atoms with Gasteiger partial charge in [-0.2, -0.15) is 0 Å². The van der Waals surface area contributed by atoms with Gasteiger partial charge in [0.15, 0.2) is 6.10 Å². The van der Waals surface area contributed by atoms with Crippen molar-refractivity contribution in [1.82, 2.24) is 4.57 Å². The Morgan fingerprint density at radius 1 is 1.24 bits per heavy atom. The summed E-state index contributed by atoms with van der Waals surface area (Å²) in [4.78, 5) is 24.3. The molecule has 1 N–H and O–H groups in total. The van der Waals surface area contributed by atoms with Gasteiger partial charge in [0.05, 0.1) is 29.6 Å². The number of methoxy groups -OCH3 is 1. The van der Waals surface area contributed by atoms with E-state index in [4.69, 9.17) is 14.2 Å². The van der Waals surface area contributed by atoms with Crippen LogP contribution in [0.5, 0.6) is 5.75 Å². The van der Waals surface area contributed by atoms with Crippen molar-refractivity contribution in [3.63, 3.8) is 0 Å². The van der Waals surface area contributed by atoms with Crippen molar-refractivity contribution in [2.45, 2.75) is 38.8 Å². The number of oxime groups is 1. The molecule has 0 saturated heterocycles. The van der Waals surface area contributed by atoms with E-state index >= 15 is 0 Å². The van der Waals surface area contributed by atoms with E-state index in [9.17, 15) is 14.8 Å². The second-order valence-electron chi connectivity index (χ2n) is 8.13. The van der Waals surface area contributed by atoms with Crippen LogP contribution in [0.25, 0.3) is 10.2 Å². The second kappa shape index (κ2) is 10.8. The molecule has 0 amide bonds. The van der Waals surface area contributed by atoms with E-state index in [-0.39, 0.29) is 4.87 Å². The Morgan fingerprint density at radius 2 is 2.00 bits per heavy atom. The summed E-state index contributed by atoms with van der Waals surface area (Å²) in [5.74, 6) is 0.597. The highest BCUT2D eigenvalue weighted by molar-refractivity contribution is 7.16. The van der Waals surface area contributed by atoms with Gasteiger partial charge in [-0.1, -0.05) is 34.7 Å². The van der Waals surface area contributed by atoms with Crippen molar-refractivity contribution in [1.29, 1.82) is 0 Å². The minimum Gasteiger partial charge on any atom is -0.492 e. The van der Waals surface area contributed by atoms with E-state index < -0.39 is 12.1 Å². The summed E-state index contributed by atoms with van der Waals surface area (Å²) in [5, 5.41) is 12.8. The van der Waals surface area contributed by atoms with Crippen LogP contribution in [0, 0.1) is 5.92 Å². The smallest absolute Gasteiger partial charge is 0.335 e. The van der Waals surface area contributed by atoms with Gasteiger partial charge in [-0.15, -0.1) is 0 Å². The number of carbonyl (C=O) groups is 1. The molecule has 1 saturated carbocycles. The Morgan fingerprint density at radius 3 is 2.65 bits per heavy atom. The molecule has 180 valence electrons. The lowest BCUT2D eigenvalue weighted by molar-refractivity contribution is -0.153. The summed E-state index contributed by atoms with van der Waals surface area (Å²) in [6, 6.07) is 13.2. The van der Waals surface area contributed by atoms with Crippen molar-refractivity contribution >= 4 is 33.2 Å². The topological polar surface area (TPSA) is 99.4 Å². The molecule has 9 heteroatoms. The average Bonchev–Trinajstić information content (AvgIpc) is 3.63. The van der Waals surface area contributed by atoms with Gasteiger partial charge in [0.1, 0.15) is 12.4 Å². The first-order valence-corrected chi connectivity index (χ1v) is 12.1. The number of hydrogen-bond acceptors (Lipinski definition) is 8. The van der Waals surface area contributed by atoms with E-state index in [0.717, 1.165) is 34.2 Å². The molecular formula is C25H28N2O6S. The summed E-state index contributed by atoms with van der Waals surface area (Å²) >= 11 is 1.18. The standard InChI is InChI=1S/C25H28N2O6S/c1-3-32-21(24(28)31-2)14-16-4-9-19(10-5-16)33-13-12-27-20-11-8-18(15-22(20)34-25(27)29)23(26-30)17-6-7-17/h4-5,8-11,15,17,21,30H,3,6-7,12-14H2,1-2H3. The fraction of sp³-hybridized carbons (Fsp3) is 0.400. The van der Waals surface area contributed by atoms with E-state index in [1.165, 1.54) is 18.4 Å². The molecule has 4 rings (SSSR count). The summed E-state index contributed by atoms with van der Waals surface area (Å²) in [6.07, 6.45) is 1.85. The highest BCUT2D eigenvalue weighted by Crippen LogP contribution is 2.34. The van der Waals surface area contributed by atoms with Crippen LogP contribution in [0.2, 0.25) is 0 Å². The van der Waals surface area contributed by atoms with Gasteiger partial charge in [-0.25, -0.2) is 4.79 Å². The Balaban J connectivity index is 1.37. The second-order valence-corrected chi connectivity index (χ2v) is 9.12. The zero-order valence-electron chi connectivity index (χ0n) is 19.2. The predicted octanol–water partition coefficient (Wildman–Crippen LogP) is 3.85. The highest BCUT2D eigenvalue weighted by Gasteiger charge is 2.29. The molecule has 1 fully saturated rings. The monoisotopic (exact) mass is 484 g/mol. The fourth-order valence-electron chi connectivity index (χ4n) is 3.90. The number of benzene rings is 2. The molecule has 34 heavy (non-hydrogen) atoms. The Bertz CT molecular complexity index is 1230. The third kappa shape index (κ3) is 5.48. The van der Waals surface area contributed by atoms with Crippen molar-refractivity contribution < 1.29 is 24.2 Å². The summed E-state index contributed by atoms with van der Waals surface area (Å²) in [6.45, 7) is 3.01. The van der Waals surface area contributed by atoms with Gasteiger partial charge in [-0.05, 0) is 49.6 Å². The zero-order valence-corrected chi connectivity index (χ0v) is 20.0. The molecule has 1 aromatic heterocycles. The molecule has 1 aliphatic rings. The van der Waals surface area contributed by atoms with E-state index in [1.54, 1.807) is 4.57 Å². The molecule has 1 aliphatic carbocycles. The fourth-order valence-corrected chi connectivity index (χ4v) is 4.86. The minimum atomic E-state index is -0.634. The number of ether oxygens (including phenoxy) is 3. The molecule has 0 spiro atoms. The minimum absolute atomic E-state index is 0.0511. The maximum atomic E-state index is 12.6. The highest BCUT2D eigenvalue weighted by atomic mass is 32.1. The Kier molecular flexibility index (Phi) is 7.64. The van der Waals surface area contributed by atoms with Gasteiger partial charge in [0.25, 0.3) is 0 Å². The zero-order chi connectivity index (χ0) is 24.1. The number of esters is 1. The first-order chi connectivity index (χ1) is 16.5. The normalized spacial score (nSPS) is 14.8. The molecule has 8 nitrogen and oxygen atoms in total. The van der Waals surface area contributed by atoms with Crippen LogP contribution >= 0.6 is 11.3 Å². The molecule has 3 aromatic rings. The number of fused-ring (bicyclic) bond motifs is 1. The first kappa shape index (κ1) is 24.0. The molecule has 0 bridgehead atoms. The van der Waals surface area contributed by atoms with Gasteiger partial charge in [-0.3, -0.25) is 9.36 Å². The van der Waals surface area contributed by atoms with Crippen molar-refractivity contribution in [3.05, 3.63) is 63.3 Å². The van der Waals surface area contributed by atoms with E-state index in [2.05, 4.69) is 5.16 Å². The van der Waals surface area contributed by atoms with Gasteiger partial charge in [0.2, 0.25) is 0 Å². The largest absolute Gasteiger partial charge is 0.492 e. The lowest BCUT2D eigenvalue weighted by Crippen LogP contribution is -2.28. The number of nitrogens with zero attached hydrogens (tertiary/aromatic N) is 2. The van der Waals surface area contributed by atoms with Crippen molar-refractivity contribution in [2.24, 2.45) is 11.1 Å². The van der Waals surface area contributed by atoms with Crippen LogP contribution in [0.15, 0.2) is 52.4 Å². The quantitative estimate of drug-likeness (QED) is 0.192. The lowest BCUT2D eigenvalue weighted by atomic mass is 10.1.